The van der Waals surface area contributed by atoms with Crippen LogP contribution in [0.25, 0.3) is 0 Å². The number of guanidine groups is 1. The lowest BCUT2D eigenvalue weighted by Gasteiger charge is -2.07. The number of halogens is 1. The van der Waals surface area contributed by atoms with Gasteiger partial charge in [-0.15, -0.1) is 12.4 Å². The van der Waals surface area contributed by atoms with Crippen LogP contribution in [0, 0.1) is 5.41 Å². The summed E-state index contributed by atoms with van der Waals surface area (Å²) < 4.78 is 0. The molecule has 0 saturated heterocycles. The summed E-state index contributed by atoms with van der Waals surface area (Å²) in [5.74, 6) is -0.224. The van der Waals surface area contributed by atoms with E-state index < -0.39 is 0 Å². The zero-order chi connectivity index (χ0) is 14.4. The van der Waals surface area contributed by atoms with Crippen molar-refractivity contribution in [2.75, 3.05) is 5.32 Å². The van der Waals surface area contributed by atoms with Crippen molar-refractivity contribution in [3.8, 4) is 0 Å². The Bertz CT molecular complexity index is 603. The van der Waals surface area contributed by atoms with Crippen molar-refractivity contribution in [2.45, 2.75) is 6.54 Å². The van der Waals surface area contributed by atoms with Gasteiger partial charge in [0, 0.05) is 17.8 Å². The van der Waals surface area contributed by atoms with Gasteiger partial charge in [-0.05, 0) is 29.8 Å². The molecule has 0 unspecified atom stereocenters. The summed E-state index contributed by atoms with van der Waals surface area (Å²) in [7, 11) is 0. The molecule has 0 atom stereocenters. The Hall–Kier alpha value is -2.57. The third-order valence-corrected chi connectivity index (χ3v) is 2.73. The number of benzene rings is 2. The van der Waals surface area contributed by atoms with Crippen LogP contribution in [-0.2, 0) is 6.54 Å². The van der Waals surface area contributed by atoms with Gasteiger partial charge < -0.3 is 21.8 Å². The first-order valence-corrected chi connectivity index (χ1v) is 6.18. The number of nitrogens with two attached hydrogens (primary N) is 1. The van der Waals surface area contributed by atoms with Gasteiger partial charge in [-0.25, -0.2) is 0 Å². The van der Waals surface area contributed by atoms with Crippen molar-refractivity contribution in [1.82, 2.24) is 5.32 Å². The minimum absolute atomic E-state index is 0. The highest BCUT2D eigenvalue weighted by molar-refractivity contribution is 6.04. The first-order chi connectivity index (χ1) is 9.65. The fraction of sp³-hybridized carbons (Fsp3) is 0.0667. The van der Waals surface area contributed by atoms with Crippen LogP contribution in [-0.4, -0.2) is 17.3 Å². The molecule has 22 heavy (non-hydrogen) atoms. The SMILES string of the molecule is Cl.N=C(N)NCc1ccc(C(=O)Nc2ccccc2)cc1.O. The minimum Gasteiger partial charge on any atom is -0.412 e. The summed E-state index contributed by atoms with van der Waals surface area (Å²) in [4.78, 5) is 12.0. The molecule has 0 aromatic heterocycles. The van der Waals surface area contributed by atoms with Crippen molar-refractivity contribution < 1.29 is 10.3 Å². The molecule has 2 aromatic carbocycles. The average molecular weight is 323 g/mol. The molecule has 118 valence electrons. The highest BCUT2D eigenvalue weighted by atomic mass is 35.5. The van der Waals surface area contributed by atoms with Crippen molar-refractivity contribution in [3.05, 3.63) is 65.7 Å². The van der Waals surface area contributed by atoms with Crippen LogP contribution in [0.4, 0.5) is 5.69 Å². The number of anilines is 1. The monoisotopic (exact) mass is 322 g/mol. The van der Waals surface area contributed by atoms with Crippen LogP contribution in [0.5, 0.6) is 0 Å². The summed E-state index contributed by atoms with van der Waals surface area (Å²) >= 11 is 0. The Morgan fingerprint density at radius 1 is 1.05 bits per heavy atom. The van der Waals surface area contributed by atoms with Gasteiger partial charge in [0.05, 0.1) is 0 Å². The van der Waals surface area contributed by atoms with E-state index in [9.17, 15) is 4.79 Å². The maximum Gasteiger partial charge on any atom is 0.255 e. The fourth-order valence-electron chi connectivity index (χ4n) is 1.70. The number of rotatable bonds is 4. The normalized spacial score (nSPS) is 8.91. The van der Waals surface area contributed by atoms with E-state index in [0.29, 0.717) is 12.1 Å². The Kier molecular flexibility index (Phi) is 8.29. The fourth-order valence-corrected chi connectivity index (χ4v) is 1.70. The second-order valence-electron chi connectivity index (χ2n) is 4.28. The van der Waals surface area contributed by atoms with Crippen LogP contribution in [0.2, 0.25) is 0 Å². The largest absolute Gasteiger partial charge is 0.412 e. The Balaban J connectivity index is 0.00000220. The number of amides is 1. The molecule has 0 aliphatic carbocycles. The molecule has 6 nitrogen and oxygen atoms in total. The second kappa shape index (κ2) is 9.38. The molecule has 0 aliphatic rings. The van der Waals surface area contributed by atoms with Crippen LogP contribution in [0.1, 0.15) is 15.9 Å². The molecule has 2 rings (SSSR count). The highest BCUT2D eigenvalue weighted by Crippen LogP contribution is 2.09. The number of carbonyl (C=O) groups excluding carboxylic acids is 1. The van der Waals surface area contributed by atoms with Crippen LogP contribution >= 0.6 is 12.4 Å². The predicted molar refractivity (Wildman–Crippen MR) is 90.5 cm³/mol. The van der Waals surface area contributed by atoms with Gasteiger partial charge in [-0.2, -0.15) is 0 Å². The van der Waals surface area contributed by atoms with Crippen molar-refractivity contribution in [2.24, 2.45) is 5.73 Å². The molecule has 0 spiro atoms. The molecule has 0 radical (unpaired) electrons. The van der Waals surface area contributed by atoms with Gasteiger partial charge in [0.25, 0.3) is 5.91 Å². The van der Waals surface area contributed by atoms with E-state index in [1.54, 1.807) is 12.1 Å². The lowest BCUT2D eigenvalue weighted by atomic mass is 10.1. The van der Waals surface area contributed by atoms with Crippen LogP contribution < -0.4 is 16.4 Å². The van der Waals surface area contributed by atoms with E-state index in [4.69, 9.17) is 11.1 Å². The predicted octanol–water partition coefficient (Wildman–Crippen LogP) is 1.52. The van der Waals surface area contributed by atoms with Gasteiger partial charge in [0.1, 0.15) is 0 Å². The molecule has 0 fully saturated rings. The van der Waals surface area contributed by atoms with E-state index in [1.165, 1.54) is 0 Å². The molecule has 0 heterocycles. The first-order valence-electron chi connectivity index (χ1n) is 6.18. The number of hydrogen-bond donors (Lipinski definition) is 4. The van der Waals surface area contributed by atoms with Gasteiger partial charge in [0.2, 0.25) is 0 Å². The van der Waals surface area contributed by atoms with Crippen molar-refractivity contribution in [3.63, 3.8) is 0 Å². The third-order valence-electron chi connectivity index (χ3n) is 2.73. The number of para-hydroxylation sites is 1. The summed E-state index contributed by atoms with van der Waals surface area (Å²) in [6.45, 7) is 0.468. The first kappa shape index (κ1) is 19.4. The number of hydrogen-bond acceptors (Lipinski definition) is 2. The Morgan fingerprint density at radius 3 is 2.18 bits per heavy atom. The Morgan fingerprint density at radius 2 is 1.64 bits per heavy atom. The molecule has 7 N–H and O–H groups in total. The quantitative estimate of drug-likeness (QED) is 0.504. The smallest absolute Gasteiger partial charge is 0.255 e. The third kappa shape index (κ3) is 5.82. The van der Waals surface area contributed by atoms with E-state index in [2.05, 4.69) is 10.6 Å². The molecular formula is C15H19ClN4O2. The lowest BCUT2D eigenvalue weighted by molar-refractivity contribution is 0.102. The second-order valence-corrected chi connectivity index (χ2v) is 4.28. The van der Waals surface area contributed by atoms with Gasteiger partial charge >= 0.3 is 0 Å². The standard InChI is InChI=1S/C15H16N4O.ClH.H2O/c16-15(17)18-10-11-6-8-12(9-7-11)14(20)19-13-4-2-1-3-5-13;;/h1-9H,10H2,(H,19,20)(H4,16,17,18);1H;1H2. The topological polar surface area (TPSA) is 122 Å². The summed E-state index contributed by atoms with van der Waals surface area (Å²) in [5, 5.41) is 12.6. The van der Waals surface area contributed by atoms with E-state index in [0.717, 1.165) is 11.3 Å². The molecule has 0 saturated carbocycles. The number of carbonyl (C=O) groups is 1. The summed E-state index contributed by atoms with van der Waals surface area (Å²) in [6.07, 6.45) is 0. The summed E-state index contributed by atoms with van der Waals surface area (Å²) in [5.41, 5.74) is 7.51. The van der Waals surface area contributed by atoms with Gasteiger partial charge in [-0.1, -0.05) is 30.3 Å². The van der Waals surface area contributed by atoms with Crippen molar-refractivity contribution in [1.29, 1.82) is 5.41 Å². The number of nitrogens with one attached hydrogen (secondary N) is 3. The van der Waals surface area contributed by atoms with Gasteiger partial charge in [0.15, 0.2) is 5.96 Å². The molecule has 1 amide bonds. The summed E-state index contributed by atoms with van der Waals surface area (Å²) in [6, 6.07) is 16.5. The average Bonchev–Trinajstić information content (AvgIpc) is 2.46. The molecule has 2 aromatic rings. The molecule has 7 heteroatoms. The van der Waals surface area contributed by atoms with E-state index in [1.807, 2.05) is 42.5 Å². The highest BCUT2D eigenvalue weighted by Gasteiger charge is 2.05. The maximum atomic E-state index is 12.0. The molecular weight excluding hydrogens is 304 g/mol. The maximum absolute atomic E-state index is 12.0. The minimum atomic E-state index is -0.151. The van der Waals surface area contributed by atoms with E-state index in [-0.39, 0.29) is 29.7 Å². The van der Waals surface area contributed by atoms with Gasteiger partial charge in [-0.3, -0.25) is 10.2 Å². The van der Waals surface area contributed by atoms with E-state index >= 15 is 0 Å². The molecule has 0 aliphatic heterocycles. The van der Waals surface area contributed by atoms with Crippen molar-refractivity contribution >= 4 is 30.0 Å². The zero-order valence-electron chi connectivity index (χ0n) is 11.8. The lowest BCUT2D eigenvalue weighted by Crippen LogP contribution is -2.29. The molecule has 0 bridgehead atoms. The van der Waals surface area contributed by atoms with Crippen LogP contribution in [0.3, 0.4) is 0 Å². The van der Waals surface area contributed by atoms with Crippen LogP contribution in [0.15, 0.2) is 54.6 Å². The Labute approximate surface area is 135 Å². The zero-order valence-corrected chi connectivity index (χ0v) is 12.6.